The molecule has 0 spiro atoms. The van der Waals surface area contributed by atoms with Crippen LogP contribution >= 0.6 is 11.6 Å². The average Bonchev–Trinajstić information content (AvgIpc) is 2.88. The van der Waals surface area contributed by atoms with Gasteiger partial charge < -0.3 is 10.1 Å². The molecule has 2 aliphatic rings. The molecule has 1 aliphatic heterocycles. The highest BCUT2D eigenvalue weighted by atomic mass is 35.5. The molecule has 18 heavy (non-hydrogen) atoms. The maximum atomic E-state index is 12.9. The molecule has 4 heteroatoms. The molecule has 1 N–H and O–H groups in total. The summed E-state index contributed by atoms with van der Waals surface area (Å²) in [6.07, 6.45) is 2.61. The number of halogens is 2. The molecule has 0 bridgehead atoms. The molecule has 2 atom stereocenters. The first-order valence-corrected chi connectivity index (χ1v) is 6.86. The average molecular weight is 270 g/mol. The van der Waals surface area contributed by atoms with E-state index in [1.165, 1.54) is 12.1 Å². The van der Waals surface area contributed by atoms with Gasteiger partial charge in [-0.05, 0) is 55.5 Å². The first-order valence-electron chi connectivity index (χ1n) is 6.48. The monoisotopic (exact) mass is 269 g/mol. The summed E-state index contributed by atoms with van der Waals surface area (Å²) in [6.45, 7) is 2.74. The van der Waals surface area contributed by atoms with Crippen LogP contribution in [0.3, 0.4) is 0 Å². The first-order chi connectivity index (χ1) is 8.72. The van der Waals surface area contributed by atoms with Crippen molar-refractivity contribution in [2.45, 2.75) is 25.6 Å². The van der Waals surface area contributed by atoms with Gasteiger partial charge in [0.15, 0.2) is 0 Å². The van der Waals surface area contributed by atoms with Gasteiger partial charge in [0.05, 0.1) is 12.7 Å². The van der Waals surface area contributed by atoms with Crippen molar-refractivity contribution in [1.29, 1.82) is 0 Å². The van der Waals surface area contributed by atoms with Crippen LogP contribution in [0.1, 0.15) is 18.4 Å². The molecule has 1 heterocycles. The van der Waals surface area contributed by atoms with Crippen molar-refractivity contribution in [3.63, 3.8) is 0 Å². The van der Waals surface area contributed by atoms with E-state index in [2.05, 4.69) is 5.32 Å². The number of rotatable bonds is 3. The molecule has 1 saturated heterocycles. The van der Waals surface area contributed by atoms with Crippen LogP contribution < -0.4 is 5.32 Å². The zero-order valence-corrected chi connectivity index (χ0v) is 10.9. The minimum absolute atomic E-state index is 0.301. The van der Waals surface area contributed by atoms with E-state index in [1.807, 2.05) is 0 Å². The molecule has 0 aromatic heterocycles. The maximum absolute atomic E-state index is 12.9. The van der Waals surface area contributed by atoms with E-state index < -0.39 is 0 Å². The van der Waals surface area contributed by atoms with Gasteiger partial charge in [-0.2, -0.15) is 0 Å². The molecule has 1 aliphatic carbocycles. The number of fused-ring (bicyclic) bond motifs is 1. The molecule has 2 unspecified atom stereocenters. The predicted octanol–water partition coefficient (Wildman–Crippen LogP) is 2.99. The summed E-state index contributed by atoms with van der Waals surface area (Å²) in [7, 11) is 0. The molecule has 2 nitrogen and oxygen atoms in total. The van der Waals surface area contributed by atoms with Crippen LogP contribution in [0.4, 0.5) is 4.39 Å². The number of benzene rings is 1. The van der Waals surface area contributed by atoms with Crippen molar-refractivity contribution >= 4 is 11.6 Å². The van der Waals surface area contributed by atoms with Crippen LogP contribution in [-0.2, 0) is 11.3 Å². The number of ether oxygens (including phenoxy) is 1. The van der Waals surface area contributed by atoms with Crippen LogP contribution in [0.5, 0.6) is 0 Å². The molecule has 98 valence electrons. The van der Waals surface area contributed by atoms with Crippen molar-refractivity contribution in [3.05, 3.63) is 34.6 Å². The minimum atomic E-state index is -0.301. The minimum Gasteiger partial charge on any atom is -0.373 e. The van der Waals surface area contributed by atoms with Gasteiger partial charge in [0.25, 0.3) is 0 Å². The Balaban J connectivity index is 1.55. The SMILES string of the molecule is Fc1ccc(COC2CC3CNCC3C2)c(Cl)c1. The predicted molar refractivity (Wildman–Crippen MR) is 69.1 cm³/mol. The van der Waals surface area contributed by atoms with Gasteiger partial charge in [-0.1, -0.05) is 17.7 Å². The quantitative estimate of drug-likeness (QED) is 0.911. The Bertz CT molecular complexity index is 428. The van der Waals surface area contributed by atoms with Crippen LogP contribution in [0.2, 0.25) is 5.02 Å². The molecule has 1 aromatic carbocycles. The first kappa shape index (κ1) is 12.4. The third-order valence-corrected chi connectivity index (χ3v) is 4.45. The number of hydrogen-bond donors (Lipinski definition) is 1. The molecular weight excluding hydrogens is 253 g/mol. The zero-order valence-electron chi connectivity index (χ0n) is 10.2. The molecule has 1 saturated carbocycles. The summed E-state index contributed by atoms with van der Waals surface area (Å²) in [4.78, 5) is 0. The standard InChI is InChI=1S/C14H17ClFNO/c15-14-5-12(16)2-1-9(14)8-18-13-3-10-6-17-7-11(10)4-13/h1-2,5,10-11,13,17H,3-4,6-8H2. The fourth-order valence-corrected chi connectivity index (χ4v) is 3.31. The largest absolute Gasteiger partial charge is 0.373 e. The van der Waals surface area contributed by atoms with Crippen LogP contribution in [0, 0.1) is 17.7 Å². The van der Waals surface area contributed by atoms with Gasteiger partial charge in [0.2, 0.25) is 0 Å². The van der Waals surface area contributed by atoms with Crippen LogP contribution in [-0.4, -0.2) is 19.2 Å². The summed E-state index contributed by atoms with van der Waals surface area (Å²) >= 11 is 5.98. The molecule has 0 amide bonds. The van der Waals surface area contributed by atoms with Crippen molar-refractivity contribution in [2.24, 2.45) is 11.8 Å². The van der Waals surface area contributed by atoms with Gasteiger partial charge in [0, 0.05) is 5.02 Å². The Labute approximate surface area is 111 Å². The lowest BCUT2D eigenvalue weighted by molar-refractivity contribution is 0.0404. The Hall–Kier alpha value is -0.640. The number of nitrogens with one attached hydrogen (secondary N) is 1. The lowest BCUT2D eigenvalue weighted by Crippen LogP contribution is -2.16. The highest BCUT2D eigenvalue weighted by Gasteiger charge is 2.37. The second-order valence-corrected chi connectivity index (χ2v) is 5.73. The fraction of sp³-hybridized carbons (Fsp3) is 0.571. The van der Waals surface area contributed by atoms with Crippen LogP contribution in [0.25, 0.3) is 0 Å². The van der Waals surface area contributed by atoms with E-state index in [-0.39, 0.29) is 5.82 Å². The van der Waals surface area contributed by atoms with E-state index in [0.717, 1.165) is 43.3 Å². The smallest absolute Gasteiger partial charge is 0.124 e. The van der Waals surface area contributed by atoms with Gasteiger partial charge in [-0.25, -0.2) is 4.39 Å². The summed E-state index contributed by atoms with van der Waals surface area (Å²) < 4.78 is 18.8. The molecule has 3 rings (SSSR count). The maximum Gasteiger partial charge on any atom is 0.124 e. The summed E-state index contributed by atoms with van der Waals surface area (Å²) in [6, 6.07) is 4.47. The molecule has 1 aromatic rings. The van der Waals surface area contributed by atoms with Crippen molar-refractivity contribution in [2.75, 3.05) is 13.1 Å². The third-order valence-electron chi connectivity index (χ3n) is 4.10. The Morgan fingerprint density at radius 2 is 2.00 bits per heavy atom. The number of hydrogen-bond acceptors (Lipinski definition) is 2. The van der Waals surface area contributed by atoms with E-state index in [4.69, 9.17) is 16.3 Å². The van der Waals surface area contributed by atoms with Gasteiger partial charge in [-0.15, -0.1) is 0 Å². The topological polar surface area (TPSA) is 21.3 Å². The lowest BCUT2D eigenvalue weighted by Gasteiger charge is -2.13. The van der Waals surface area contributed by atoms with Crippen LogP contribution in [0.15, 0.2) is 18.2 Å². The summed E-state index contributed by atoms with van der Waals surface area (Å²) in [5, 5.41) is 3.87. The van der Waals surface area contributed by atoms with Gasteiger partial charge in [0.1, 0.15) is 5.82 Å². The second-order valence-electron chi connectivity index (χ2n) is 5.32. The zero-order chi connectivity index (χ0) is 12.5. The lowest BCUT2D eigenvalue weighted by atomic mass is 10.0. The molecular formula is C14H17ClFNO. The Kier molecular flexibility index (Phi) is 3.55. The normalized spacial score (nSPS) is 30.7. The summed E-state index contributed by atoms with van der Waals surface area (Å²) in [5.74, 6) is 1.25. The van der Waals surface area contributed by atoms with E-state index in [9.17, 15) is 4.39 Å². The highest BCUT2D eigenvalue weighted by molar-refractivity contribution is 6.31. The Morgan fingerprint density at radius 1 is 1.28 bits per heavy atom. The van der Waals surface area contributed by atoms with Crippen molar-refractivity contribution < 1.29 is 9.13 Å². The van der Waals surface area contributed by atoms with Gasteiger partial charge in [-0.3, -0.25) is 0 Å². The third kappa shape index (κ3) is 2.53. The van der Waals surface area contributed by atoms with E-state index >= 15 is 0 Å². The second kappa shape index (κ2) is 5.16. The van der Waals surface area contributed by atoms with Gasteiger partial charge >= 0.3 is 0 Å². The van der Waals surface area contributed by atoms with Crippen molar-refractivity contribution in [1.82, 2.24) is 5.32 Å². The Morgan fingerprint density at radius 3 is 2.67 bits per heavy atom. The van der Waals surface area contributed by atoms with E-state index in [0.29, 0.717) is 17.7 Å². The fourth-order valence-electron chi connectivity index (χ4n) is 3.09. The summed E-state index contributed by atoms with van der Waals surface area (Å²) in [5.41, 5.74) is 0.869. The van der Waals surface area contributed by atoms with Crippen molar-refractivity contribution in [3.8, 4) is 0 Å². The highest BCUT2D eigenvalue weighted by Crippen LogP contribution is 2.36. The van der Waals surface area contributed by atoms with E-state index in [1.54, 1.807) is 6.07 Å². The molecule has 0 radical (unpaired) electrons. The molecule has 2 fully saturated rings.